The summed E-state index contributed by atoms with van der Waals surface area (Å²) >= 11 is 0. The molecule has 0 fully saturated rings. The fourth-order valence-corrected chi connectivity index (χ4v) is 2.44. The third-order valence-corrected chi connectivity index (χ3v) is 3.00. The van der Waals surface area contributed by atoms with Gasteiger partial charge in [-0.25, -0.2) is 0 Å². The van der Waals surface area contributed by atoms with Crippen LogP contribution in [0.15, 0.2) is 24.3 Å². The molecule has 15 heavy (non-hydrogen) atoms. The van der Waals surface area contributed by atoms with Gasteiger partial charge in [0.15, 0.2) is 0 Å². The monoisotopic (exact) mass is 202 g/mol. The van der Waals surface area contributed by atoms with Crippen LogP contribution in [0.1, 0.15) is 37.8 Å². The molecule has 1 atom stereocenters. The fourth-order valence-electron chi connectivity index (χ4n) is 2.44. The molecule has 80 valence electrons. The molecule has 0 spiro atoms. The summed E-state index contributed by atoms with van der Waals surface area (Å²) in [5.41, 5.74) is 3.72. The quantitative estimate of drug-likeness (QED) is 0.774. The zero-order valence-electron chi connectivity index (χ0n) is 9.46. The van der Waals surface area contributed by atoms with E-state index in [9.17, 15) is 5.11 Å². The molecule has 1 aromatic rings. The summed E-state index contributed by atoms with van der Waals surface area (Å²) in [4.78, 5) is 0. The second-order valence-electron chi connectivity index (χ2n) is 4.43. The molecule has 1 nitrogen and oxygen atoms in total. The average molecular weight is 202 g/mol. The van der Waals surface area contributed by atoms with E-state index in [4.69, 9.17) is 0 Å². The van der Waals surface area contributed by atoms with Crippen molar-refractivity contribution in [1.82, 2.24) is 0 Å². The Bertz CT molecular complexity index is 390. The summed E-state index contributed by atoms with van der Waals surface area (Å²) < 4.78 is 0. The molecule has 1 aliphatic carbocycles. The molecule has 1 aromatic carbocycles. The molecule has 1 N–H and O–H groups in total. The molecule has 1 unspecified atom stereocenters. The normalized spacial score (nSPS) is 19.6. The van der Waals surface area contributed by atoms with Crippen LogP contribution in [-0.2, 0) is 6.42 Å². The number of phenols is 1. The smallest absolute Gasteiger partial charge is 0.123 e. The minimum atomic E-state index is 0.444. The van der Waals surface area contributed by atoms with Crippen molar-refractivity contribution in [2.75, 3.05) is 0 Å². The maximum atomic E-state index is 9.90. The molecule has 1 aliphatic rings. The number of allylic oxidation sites excluding steroid dienone is 2. The lowest BCUT2D eigenvalue weighted by Crippen LogP contribution is -2.07. The van der Waals surface area contributed by atoms with Gasteiger partial charge in [0.05, 0.1) is 0 Å². The van der Waals surface area contributed by atoms with Crippen LogP contribution in [0.4, 0.5) is 0 Å². The Labute approximate surface area is 91.4 Å². The van der Waals surface area contributed by atoms with Gasteiger partial charge in [-0.2, -0.15) is 0 Å². The van der Waals surface area contributed by atoms with Crippen LogP contribution < -0.4 is 0 Å². The van der Waals surface area contributed by atoms with Gasteiger partial charge in [-0.3, -0.25) is 0 Å². The van der Waals surface area contributed by atoms with Crippen molar-refractivity contribution in [2.24, 2.45) is 5.92 Å². The highest BCUT2D eigenvalue weighted by Crippen LogP contribution is 2.37. The number of aromatic hydroxyl groups is 1. The van der Waals surface area contributed by atoms with Crippen molar-refractivity contribution in [3.05, 3.63) is 35.4 Å². The maximum absolute atomic E-state index is 9.90. The molecule has 0 aliphatic heterocycles. The number of rotatable bonds is 2. The second kappa shape index (κ2) is 4.09. The minimum Gasteiger partial charge on any atom is -0.507 e. The van der Waals surface area contributed by atoms with Crippen LogP contribution in [-0.4, -0.2) is 5.11 Å². The predicted molar refractivity (Wildman–Crippen MR) is 63.9 cm³/mol. The first kappa shape index (κ1) is 10.3. The van der Waals surface area contributed by atoms with Crippen LogP contribution in [0.3, 0.4) is 0 Å². The van der Waals surface area contributed by atoms with E-state index in [-0.39, 0.29) is 0 Å². The van der Waals surface area contributed by atoms with Crippen LogP contribution in [0, 0.1) is 5.92 Å². The first-order valence-electron chi connectivity index (χ1n) is 5.74. The molecular weight excluding hydrogens is 184 g/mol. The first-order valence-corrected chi connectivity index (χ1v) is 5.74. The lowest BCUT2D eigenvalue weighted by molar-refractivity contribution is 0.471. The van der Waals surface area contributed by atoms with Crippen LogP contribution >= 0.6 is 0 Å². The third-order valence-electron chi connectivity index (χ3n) is 3.00. The average Bonchev–Trinajstić information content (AvgIpc) is 2.17. The fraction of sp³-hybridized carbons (Fsp3) is 0.429. The van der Waals surface area contributed by atoms with Crippen molar-refractivity contribution in [2.45, 2.75) is 33.1 Å². The van der Waals surface area contributed by atoms with Crippen LogP contribution in [0.2, 0.25) is 0 Å². The molecule has 2 rings (SSSR count). The second-order valence-corrected chi connectivity index (χ2v) is 4.43. The van der Waals surface area contributed by atoms with Crippen molar-refractivity contribution in [1.29, 1.82) is 0 Å². The van der Waals surface area contributed by atoms with E-state index >= 15 is 0 Å². The van der Waals surface area contributed by atoms with Crippen molar-refractivity contribution in [3.8, 4) is 5.75 Å². The number of hydrogen-bond donors (Lipinski definition) is 1. The van der Waals surface area contributed by atoms with E-state index < -0.39 is 0 Å². The Hall–Kier alpha value is -1.24. The summed E-state index contributed by atoms with van der Waals surface area (Å²) in [7, 11) is 0. The molecule has 0 saturated carbocycles. The number of hydrogen-bond acceptors (Lipinski definition) is 1. The van der Waals surface area contributed by atoms with Gasteiger partial charge in [0, 0.05) is 5.56 Å². The van der Waals surface area contributed by atoms with Gasteiger partial charge in [0.25, 0.3) is 0 Å². The van der Waals surface area contributed by atoms with Gasteiger partial charge in [-0.15, -0.1) is 0 Å². The van der Waals surface area contributed by atoms with Gasteiger partial charge >= 0.3 is 0 Å². The van der Waals surface area contributed by atoms with Crippen LogP contribution in [0.5, 0.6) is 5.75 Å². The van der Waals surface area contributed by atoms with Gasteiger partial charge in [-0.05, 0) is 36.0 Å². The number of phenolic OH excluding ortho intramolecular Hbond substituents is 1. The lowest BCUT2D eigenvalue weighted by Gasteiger charge is -2.22. The molecule has 0 aromatic heterocycles. The van der Waals surface area contributed by atoms with E-state index in [1.807, 2.05) is 6.07 Å². The highest BCUT2D eigenvalue weighted by atomic mass is 16.3. The highest BCUT2D eigenvalue weighted by molar-refractivity contribution is 5.74. The van der Waals surface area contributed by atoms with E-state index in [2.05, 4.69) is 26.0 Å². The van der Waals surface area contributed by atoms with Crippen molar-refractivity contribution < 1.29 is 5.11 Å². The molecule has 0 saturated heterocycles. The van der Waals surface area contributed by atoms with Gasteiger partial charge in [0.1, 0.15) is 5.75 Å². The first-order chi connectivity index (χ1) is 7.22. The maximum Gasteiger partial charge on any atom is 0.123 e. The Morgan fingerprint density at radius 3 is 2.93 bits per heavy atom. The third kappa shape index (κ3) is 1.92. The topological polar surface area (TPSA) is 20.2 Å². The predicted octanol–water partition coefficient (Wildman–Crippen LogP) is 3.77. The summed E-state index contributed by atoms with van der Waals surface area (Å²) in [6, 6.07) is 5.86. The molecule has 0 radical (unpaired) electrons. The van der Waals surface area contributed by atoms with Gasteiger partial charge in [0.2, 0.25) is 0 Å². The summed E-state index contributed by atoms with van der Waals surface area (Å²) in [6.45, 7) is 4.42. The molecule has 0 bridgehead atoms. The summed E-state index contributed by atoms with van der Waals surface area (Å²) in [5.74, 6) is 1.04. The Morgan fingerprint density at radius 1 is 1.40 bits per heavy atom. The van der Waals surface area contributed by atoms with Crippen molar-refractivity contribution >= 4 is 5.57 Å². The number of benzene rings is 1. The summed E-state index contributed by atoms with van der Waals surface area (Å²) in [6.07, 6.45) is 5.56. The lowest BCUT2D eigenvalue weighted by atomic mass is 9.83. The van der Waals surface area contributed by atoms with Crippen LogP contribution in [0.25, 0.3) is 5.57 Å². The highest BCUT2D eigenvalue weighted by Gasteiger charge is 2.18. The molecule has 0 amide bonds. The minimum absolute atomic E-state index is 0.444. The zero-order chi connectivity index (χ0) is 10.8. The summed E-state index contributed by atoms with van der Waals surface area (Å²) in [5, 5.41) is 9.90. The SMILES string of the molecule is CCCC1=CC(C)Cc2cccc(O)c21. The molecule has 0 heterocycles. The van der Waals surface area contributed by atoms with E-state index in [0.717, 1.165) is 24.8 Å². The Morgan fingerprint density at radius 2 is 2.20 bits per heavy atom. The van der Waals surface area contributed by atoms with E-state index in [1.165, 1.54) is 11.1 Å². The largest absolute Gasteiger partial charge is 0.507 e. The van der Waals surface area contributed by atoms with Gasteiger partial charge < -0.3 is 5.11 Å². The Balaban J connectivity index is 2.48. The standard InChI is InChI=1S/C14H18O/c1-3-5-11-8-10(2)9-12-6-4-7-13(15)14(11)12/h4,6-8,10,15H,3,5,9H2,1-2H3. The van der Waals surface area contributed by atoms with Gasteiger partial charge in [-0.1, -0.05) is 38.5 Å². The molecule has 1 heteroatoms. The van der Waals surface area contributed by atoms with E-state index in [1.54, 1.807) is 6.07 Å². The molecular formula is C14H18O. The Kier molecular flexibility index (Phi) is 2.81. The zero-order valence-corrected chi connectivity index (χ0v) is 9.46. The number of fused-ring (bicyclic) bond motifs is 1. The van der Waals surface area contributed by atoms with E-state index in [0.29, 0.717) is 11.7 Å². The van der Waals surface area contributed by atoms with Crippen molar-refractivity contribution in [3.63, 3.8) is 0 Å².